The molecule has 30 heavy (non-hydrogen) atoms. The first-order chi connectivity index (χ1) is 14.2. The number of hydrogen-bond acceptors (Lipinski definition) is 7. The minimum absolute atomic E-state index is 0.0219. The number of aromatic amines is 1. The van der Waals surface area contributed by atoms with Crippen LogP contribution in [-0.2, 0) is 11.2 Å². The predicted molar refractivity (Wildman–Crippen MR) is 116 cm³/mol. The number of carbonyl (C=O) groups is 1. The largest absolute Gasteiger partial charge is 0.490 e. The lowest BCUT2D eigenvalue weighted by molar-refractivity contribution is -0.136. The smallest absolute Gasteiger partial charge is 0.303 e. The van der Waals surface area contributed by atoms with Crippen molar-refractivity contribution in [3.05, 3.63) is 43.5 Å². The molecule has 0 fully saturated rings. The van der Waals surface area contributed by atoms with E-state index in [2.05, 4.69) is 15.3 Å². The van der Waals surface area contributed by atoms with Crippen LogP contribution in [0.3, 0.4) is 0 Å². The van der Waals surface area contributed by atoms with Gasteiger partial charge in [0.25, 0.3) is 5.56 Å². The number of nitrogens with zero attached hydrogens (tertiary/aromatic N) is 3. The maximum atomic E-state index is 12.5. The van der Waals surface area contributed by atoms with Gasteiger partial charge in [-0.1, -0.05) is 25.4 Å². The number of nitrogens with one attached hydrogen (secondary N) is 1. The van der Waals surface area contributed by atoms with Crippen LogP contribution in [0.4, 0.5) is 0 Å². The highest BCUT2D eigenvalue weighted by Gasteiger charge is 2.13. The zero-order valence-corrected chi connectivity index (χ0v) is 18.4. The molecule has 0 radical (unpaired) electrons. The molecule has 1 heterocycles. The molecule has 1 aromatic carbocycles. The third-order valence-electron chi connectivity index (χ3n) is 3.71. The van der Waals surface area contributed by atoms with Crippen molar-refractivity contribution in [3.8, 4) is 11.5 Å². The van der Waals surface area contributed by atoms with Gasteiger partial charge in [-0.25, -0.2) is 0 Å². The van der Waals surface area contributed by atoms with Crippen LogP contribution in [0.25, 0.3) is 0 Å². The number of carboxylic acids is 1. The van der Waals surface area contributed by atoms with E-state index in [1.807, 2.05) is 20.8 Å². The molecule has 162 valence electrons. The van der Waals surface area contributed by atoms with Crippen molar-refractivity contribution in [2.75, 3.05) is 13.2 Å². The van der Waals surface area contributed by atoms with Crippen LogP contribution in [0.15, 0.2) is 22.0 Å². The van der Waals surface area contributed by atoms with E-state index in [9.17, 15) is 9.59 Å². The number of aryl methyl sites for hydroxylation is 1. The van der Waals surface area contributed by atoms with E-state index in [4.69, 9.17) is 38.4 Å². The fourth-order valence-electron chi connectivity index (χ4n) is 2.36. The first-order valence-corrected chi connectivity index (χ1v) is 10.1. The number of carboxylic acid groups (broad SMARTS) is 1. The Morgan fingerprint density at radius 2 is 2.17 bits per heavy atom. The second kappa shape index (κ2) is 10.9. The molecule has 0 aliphatic heterocycles. The van der Waals surface area contributed by atoms with Crippen molar-refractivity contribution in [1.82, 2.24) is 14.9 Å². The summed E-state index contributed by atoms with van der Waals surface area (Å²) in [6.07, 6.45) is 1.12. The molecule has 0 unspecified atom stereocenters. The molecule has 2 N–H and O–H groups in total. The number of H-pyrrole nitrogens is 1. The standard InChI is InChI=1S/C19H23ClN4O5S/c1-4-28-15-8-12(7-13(20)17(15)29-10-11(2)3)9-21-24-18(27)14(5-6-16(25)26)22-23-19(24)30/h7-9,11H,4-6,10H2,1-3H3,(H,23,30)(H,25,26)/b21-9-. The minimum atomic E-state index is -1.04. The molecule has 2 aromatic rings. The van der Waals surface area contributed by atoms with Crippen molar-refractivity contribution in [2.45, 2.75) is 33.6 Å². The summed E-state index contributed by atoms with van der Waals surface area (Å²) in [6, 6.07) is 3.33. The summed E-state index contributed by atoms with van der Waals surface area (Å²) in [5.41, 5.74) is -0.0107. The van der Waals surface area contributed by atoms with Gasteiger partial charge in [0.05, 0.1) is 30.9 Å². The maximum Gasteiger partial charge on any atom is 0.303 e. The molecule has 0 amide bonds. The Labute approximate surface area is 183 Å². The quantitative estimate of drug-likeness (QED) is 0.417. The summed E-state index contributed by atoms with van der Waals surface area (Å²) in [5.74, 6) is 0.180. The van der Waals surface area contributed by atoms with Gasteiger partial charge in [0.15, 0.2) is 11.5 Å². The van der Waals surface area contributed by atoms with Gasteiger partial charge in [0.1, 0.15) is 5.69 Å². The zero-order valence-electron chi connectivity index (χ0n) is 16.8. The number of ether oxygens (including phenoxy) is 2. The Morgan fingerprint density at radius 3 is 2.80 bits per heavy atom. The van der Waals surface area contributed by atoms with Crippen LogP contribution in [0.1, 0.15) is 38.4 Å². The number of halogens is 1. The average molecular weight is 455 g/mol. The van der Waals surface area contributed by atoms with E-state index >= 15 is 0 Å². The fourth-order valence-corrected chi connectivity index (χ4v) is 2.81. The molecule has 2 rings (SSSR count). The van der Waals surface area contributed by atoms with Crippen molar-refractivity contribution < 1.29 is 19.4 Å². The average Bonchev–Trinajstić information content (AvgIpc) is 2.66. The number of hydrogen-bond donors (Lipinski definition) is 2. The lowest BCUT2D eigenvalue weighted by atomic mass is 10.2. The molecule has 0 saturated carbocycles. The maximum absolute atomic E-state index is 12.5. The predicted octanol–water partition coefficient (Wildman–Crippen LogP) is 3.29. The van der Waals surface area contributed by atoms with E-state index in [1.54, 1.807) is 12.1 Å². The zero-order chi connectivity index (χ0) is 22.3. The molecular weight excluding hydrogens is 432 g/mol. The van der Waals surface area contributed by atoms with E-state index in [0.717, 1.165) is 4.68 Å². The topological polar surface area (TPSA) is 119 Å². The Balaban J connectivity index is 2.37. The van der Waals surface area contributed by atoms with Gasteiger partial charge < -0.3 is 14.6 Å². The monoisotopic (exact) mass is 454 g/mol. The molecule has 0 spiro atoms. The SMILES string of the molecule is CCOc1cc(/C=N\n2c(=S)[nH]nc(CCC(=O)O)c2=O)cc(Cl)c1OCC(C)C. The van der Waals surface area contributed by atoms with E-state index in [-0.39, 0.29) is 23.3 Å². The third kappa shape index (κ3) is 6.39. The van der Waals surface area contributed by atoms with Crippen molar-refractivity contribution in [1.29, 1.82) is 0 Å². The second-order valence-electron chi connectivity index (χ2n) is 6.70. The van der Waals surface area contributed by atoms with E-state index in [1.165, 1.54) is 6.21 Å². The number of benzene rings is 1. The van der Waals surface area contributed by atoms with Gasteiger partial charge in [0, 0.05) is 6.42 Å². The van der Waals surface area contributed by atoms with Gasteiger partial charge in [-0.15, -0.1) is 0 Å². The van der Waals surface area contributed by atoms with Gasteiger partial charge in [-0.3, -0.25) is 14.7 Å². The number of rotatable bonds is 10. The van der Waals surface area contributed by atoms with Crippen molar-refractivity contribution in [2.24, 2.45) is 11.0 Å². The molecule has 0 atom stereocenters. The Kier molecular flexibility index (Phi) is 8.55. The lowest BCUT2D eigenvalue weighted by Crippen LogP contribution is -2.25. The normalized spacial score (nSPS) is 11.2. The highest BCUT2D eigenvalue weighted by atomic mass is 35.5. The fraction of sp³-hybridized carbons (Fsp3) is 0.421. The van der Waals surface area contributed by atoms with Gasteiger partial charge in [0.2, 0.25) is 4.77 Å². The summed E-state index contributed by atoms with van der Waals surface area (Å²) in [6.45, 7) is 6.78. The molecule has 0 saturated heterocycles. The molecule has 0 bridgehead atoms. The summed E-state index contributed by atoms with van der Waals surface area (Å²) < 4.78 is 12.3. The molecule has 9 nitrogen and oxygen atoms in total. The molecular formula is C19H23ClN4O5S. The summed E-state index contributed by atoms with van der Waals surface area (Å²) in [5, 5.41) is 19.6. The third-order valence-corrected chi connectivity index (χ3v) is 4.25. The van der Waals surface area contributed by atoms with Gasteiger partial charge in [-0.05, 0) is 42.8 Å². The minimum Gasteiger partial charge on any atom is -0.490 e. The van der Waals surface area contributed by atoms with Crippen LogP contribution in [0.2, 0.25) is 5.02 Å². The van der Waals surface area contributed by atoms with Gasteiger partial charge >= 0.3 is 5.97 Å². The lowest BCUT2D eigenvalue weighted by Gasteiger charge is -2.15. The van der Waals surface area contributed by atoms with Gasteiger partial charge in [-0.2, -0.15) is 14.9 Å². The van der Waals surface area contributed by atoms with Crippen LogP contribution in [0.5, 0.6) is 11.5 Å². The Hall–Kier alpha value is -2.72. The summed E-state index contributed by atoms with van der Waals surface area (Å²) >= 11 is 11.4. The molecule has 0 aliphatic carbocycles. The Morgan fingerprint density at radius 1 is 1.43 bits per heavy atom. The highest BCUT2D eigenvalue weighted by Crippen LogP contribution is 2.36. The Bertz CT molecular complexity index is 1050. The van der Waals surface area contributed by atoms with Crippen LogP contribution in [0, 0.1) is 10.7 Å². The summed E-state index contributed by atoms with van der Waals surface area (Å²) in [7, 11) is 0. The first kappa shape index (κ1) is 23.6. The van der Waals surface area contributed by atoms with Crippen molar-refractivity contribution in [3.63, 3.8) is 0 Å². The van der Waals surface area contributed by atoms with Crippen molar-refractivity contribution >= 4 is 36.0 Å². The van der Waals surface area contributed by atoms with Crippen LogP contribution < -0.4 is 15.0 Å². The second-order valence-corrected chi connectivity index (χ2v) is 7.49. The highest BCUT2D eigenvalue weighted by molar-refractivity contribution is 7.71. The van der Waals surface area contributed by atoms with E-state index in [0.29, 0.717) is 41.2 Å². The molecule has 11 heteroatoms. The van der Waals surface area contributed by atoms with Crippen LogP contribution >= 0.6 is 23.8 Å². The van der Waals surface area contributed by atoms with Crippen LogP contribution in [-0.4, -0.2) is 45.4 Å². The molecule has 0 aliphatic rings. The molecule has 1 aromatic heterocycles. The first-order valence-electron chi connectivity index (χ1n) is 9.28. The number of aliphatic carboxylic acids is 1. The van der Waals surface area contributed by atoms with E-state index < -0.39 is 11.5 Å². The number of aromatic nitrogens is 3. The summed E-state index contributed by atoms with van der Waals surface area (Å²) in [4.78, 5) is 23.2.